The largest absolute Gasteiger partial charge is 0.506 e. The number of carbonyl (C=O) groups is 1. The number of hydrogen-bond donors (Lipinski definition) is 2. The second-order valence-electron chi connectivity index (χ2n) is 3.04. The molecule has 1 rings (SSSR count). The van der Waals surface area contributed by atoms with Crippen molar-refractivity contribution in [2.45, 2.75) is 6.92 Å². The van der Waals surface area contributed by atoms with Crippen LogP contribution in [0, 0.1) is 0 Å². The lowest BCUT2D eigenvalue weighted by atomic mass is 10.3. The lowest BCUT2D eigenvalue weighted by Crippen LogP contribution is -2.07. The lowest BCUT2D eigenvalue weighted by Gasteiger charge is -2.03. The molecule has 0 aliphatic carbocycles. The van der Waals surface area contributed by atoms with Gasteiger partial charge >= 0.3 is 0 Å². The maximum Gasteiger partial charge on any atom is 0.248 e. The van der Waals surface area contributed by atoms with Crippen LogP contribution in [-0.2, 0) is 4.79 Å². The minimum absolute atomic E-state index is 0.0584. The molecule has 0 atom stereocenters. The first-order chi connectivity index (χ1) is 7.63. The van der Waals surface area contributed by atoms with E-state index in [-0.39, 0.29) is 16.7 Å². The third kappa shape index (κ3) is 3.79. The van der Waals surface area contributed by atoms with Crippen molar-refractivity contribution in [1.29, 1.82) is 0 Å². The Morgan fingerprint density at radius 1 is 1.44 bits per heavy atom. The maximum atomic E-state index is 11.3. The van der Waals surface area contributed by atoms with Crippen LogP contribution < -0.4 is 5.32 Å². The summed E-state index contributed by atoms with van der Waals surface area (Å²) < 4.78 is 0. The van der Waals surface area contributed by atoms with Gasteiger partial charge in [0.2, 0.25) is 5.91 Å². The highest BCUT2D eigenvalue weighted by Gasteiger charge is 2.01. The minimum atomic E-state index is -0.264. The summed E-state index contributed by atoms with van der Waals surface area (Å²) in [4.78, 5) is 11.3. The molecule has 0 spiro atoms. The number of carbonyl (C=O) groups excluding carboxylic acids is 1. The summed E-state index contributed by atoms with van der Waals surface area (Å²) in [6.07, 6.45) is 6.59. The molecule has 0 unspecified atom stereocenters. The molecule has 3 nitrogen and oxygen atoms in total. The van der Waals surface area contributed by atoms with E-state index in [1.807, 2.05) is 13.0 Å². The molecule has 0 aliphatic heterocycles. The first-order valence-electron chi connectivity index (χ1n) is 4.72. The van der Waals surface area contributed by atoms with Gasteiger partial charge in [0.05, 0.1) is 5.02 Å². The highest BCUT2D eigenvalue weighted by Crippen LogP contribution is 2.25. The summed E-state index contributed by atoms with van der Waals surface area (Å²) in [7, 11) is 0. The van der Waals surface area contributed by atoms with Gasteiger partial charge in [-0.05, 0) is 19.1 Å². The molecule has 4 heteroatoms. The summed E-state index contributed by atoms with van der Waals surface area (Å²) in [5.74, 6) is -0.322. The van der Waals surface area contributed by atoms with Gasteiger partial charge in [0, 0.05) is 17.8 Å². The number of halogens is 1. The van der Waals surface area contributed by atoms with Crippen molar-refractivity contribution in [3.63, 3.8) is 0 Å². The molecule has 0 saturated carbocycles. The molecule has 1 amide bonds. The Hall–Kier alpha value is -1.74. The summed E-state index contributed by atoms with van der Waals surface area (Å²) in [5.41, 5.74) is 0.497. The zero-order chi connectivity index (χ0) is 12.0. The van der Waals surface area contributed by atoms with Crippen LogP contribution in [0.5, 0.6) is 5.75 Å². The third-order valence-electron chi connectivity index (χ3n) is 1.76. The van der Waals surface area contributed by atoms with E-state index in [1.54, 1.807) is 18.2 Å². The quantitative estimate of drug-likeness (QED) is 0.627. The van der Waals surface area contributed by atoms with Gasteiger partial charge in [-0.1, -0.05) is 29.8 Å². The van der Waals surface area contributed by atoms with Crippen molar-refractivity contribution >= 4 is 23.2 Å². The predicted molar refractivity (Wildman–Crippen MR) is 65.7 cm³/mol. The third-order valence-corrected chi connectivity index (χ3v) is 2.08. The predicted octanol–water partition coefficient (Wildman–Crippen LogP) is 3.12. The van der Waals surface area contributed by atoms with Gasteiger partial charge < -0.3 is 10.4 Å². The molecular weight excluding hydrogens is 226 g/mol. The van der Waals surface area contributed by atoms with Crippen LogP contribution in [0.3, 0.4) is 0 Å². The zero-order valence-corrected chi connectivity index (χ0v) is 9.53. The molecule has 0 heterocycles. The fourth-order valence-corrected chi connectivity index (χ4v) is 1.15. The second-order valence-corrected chi connectivity index (χ2v) is 3.45. The number of hydrogen-bond acceptors (Lipinski definition) is 2. The number of amides is 1. The SMILES string of the molecule is CC=CC=CC(=O)Nc1ccc(Cl)c(O)c1. The normalized spacial score (nSPS) is 11.1. The van der Waals surface area contributed by atoms with Gasteiger partial charge in [-0.25, -0.2) is 0 Å². The molecule has 0 bridgehead atoms. The molecular formula is C12H12ClNO2. The molecule has 0 radical (unpaired) electrons. The van der Waals surface area contributed by atoms with E-state index in [0.717, 1.165) is 0 Å². The molecule has 1 aromatic rings. The fourth-order valence-electron chi connectivity index (χ4n) is 1.03. The van der Waals surface area contributed by atoms with Crippen molar-refractivity contribution < 1.29 is 9.90 Å². The van der Waals surface area contributed by atoms with Crippen LogP contribution in [0.2, 0.25) is 5.02 Å². The number of phenols is 1. The number of rotatable bonds is 3. The van der Waals surface area contributed by atoms with E-state index in [4.69, 9.17) is 11.6 Å². The van der Waals surface area contributed by atoms with Gasteiger partial charge in [-0.15, -0.1) is 0 Å². The monoisotopic (exact) mass is 237 g/mol. The average Bonchev–Trinajstić information content (AvgIpc) is 2.24. The topological polar surface area (TPSA) is 49.3 Å². The maximum absolute atomic E-state index is 11.3. The summed E-state index contributed by atoms with van der Waals surface area (Å²) in [5, 5.41) is 12.2. The average molecular weight is 238 g/mol. The standard InChI is InChI=1S/C12H12ClNO2/c1-2-3-4-5-12(16)14-9-6-7-10(13)11(15)8-9/h2-8,15H,1H3,(H,14,16). The number of nitrogens with one attached hydrogen (secondary N) is 1. The Morgan fingerprint density at radius 3 is 2.81 bits per heavy atom. The Bertz CT molecular complexity index is 439. The number of phenolic OH excluding ortho intramolecular Hbond substituents is 1. The summed E-state index contributed by atoms with van der Waals surface area (Å²) in [6, 6.07) is 4.52. The number of benzene rings is 1. The van der Waals surface area contributed by atoms with Crippen LogP contribution in [0.25, 0.3) is 0 Å². The lowest BCUT2D eigenvalue weighted by molar-refractivity contribution is -0.111. The van der Waals surface area contributed by atoms with Crippen molar-refractivity contribution in [1.82, 2.24) is 0 Å². The van der Waals surface area contributed by atoms with Gasteiger partial charge in [-0.2, -0.15) is 0 Å². The van der Waals surface area contributed by atoms with Gasteiger partial charge in [0.15, 0.2) is 0 Å². The van der Waals surface area contributed by atoms with Crippen molar-refractivity contribution in [3.05, 3.63) is 47.5 Å². The van der Waals surface area contributed by atoms with E-state index in [1.165, 1.54) is 18.2 Å². The number of anilines is 1. The van der Waals surface area contributed by atoms with Crippen molar-refractivity contribution in [2.24, 2.45) is 0 Å². The number of allylic oxidation sites excluding steroid dienone is 3. The first-order valence-corrected chi connectivity index (χ1v) is 5.10. The molecule has 16 heavy (non-hydrogen) atoms. The van der Waals surface area contributed by atoms with Crippen LogP contribution in [0.4, 0.5) is 5.69 Å². The summed E-state index contributed by atoms with van der Waals surface area (Å²) >= 11 is 5.63. The van der Waals surface area contributed by atoms with E-state index < -0.39 is 0 Å². The van der Waals surface area contributed by atoms with Crippen LogP contribution in [0.1, 0.15) is 6.92 Å². The van der Waals surface area contributed by atoms with E-state index in [2.05, 4.69) is 5.32 Å². The van der Waals surface area contributed by atoms with Crippen LogP contribution >= 0.6 is 11.6 Å². The molecule has 0 saturated heterocycles. The van der Waals surface area contributed by atoms with E-state index in [9.17, 15) is 9.90 Å². The van der Waals surface area contributed by atoms with Gasteiger partial charge in [-0.3, -0.25) is 4.79 Å². The van der Waals surface area contributed by atoms with Crippen molar-refractivity contribution in [3.8, 4) is 5.75 Å². The Labute approximate surface area is 99.1 Å². The van der Waals surface area contributed by atoms with Gasteiger partial charge in [0.25, 0.3) is 0 Å². The highest BCUT2D eigenvalue weighted by molar-refractivity contribution is 6.32. The molecule has 1 aromatic carbocycles. The Morgan fingerprint density at radius 2 is 2.19 bits per heavy atom. The van der Waals surface area contributed by atoms with Gasteiger partial charge in [0.1, 0.15) is 5.75 Å². The second kappa shape index (κ2) is 5.98. The highest BCUT2D eigenvalue weighted by atomic mass is 35.5. The number of aromatic hydroxyl groups is 1. The minimum Gasteiger partial charge on any atom is -0.506 e. The van der Waals surface area contributed by atoms with Crippen LogP contribution in [0.15, 0.2) is 42.5 Å². The Balaban J connectivity index is 2.66. The van der Waals surface area contributed by atoms with Crippen LogP contribution in [-0.4, -0.2) is 11.0 Å². The summed E-state index contributed by atoms with van der Waals surface area (Å²) in [6.45, 7) is 1.86. The molecule has 2 N–H and O–H groups in total. The Kier molecular flexibility index (Phi) is 4.61. The first kappa shape index (κ1) is 12.3. The van der Waals surface area contributed by atoms with E-state index >= 15 is 0 Å². The van der Waals surface area contributed by atoms with Crippen molar-refractivity contribution in [2.75, 3.05) is 5.32 Å². The van der Waals surface area contributed by atoms with E-state index in [0.29, 0.717) is 5.69 Å². The molecule has 84 valence electrons. The zero-order valence-electron chi connectivity index (χ0n) is 8.77. The smallest absolute Gasteiger partial charge is 0.248 e. The molecule has 0 fully saturated rings. The molecule has 0 aromatic heterocycles. The fraction of sp³-hybridized carbons (Fsp3) is 0.0833. The molecule has 0 aliphatic rings.